The lowest BCUT2D eigenvalue weighted by Gasteiger charge is -2.16. The minimum atomic E-state index is -0.939. The highest BCUT2D eigenvalue weighted by molar-refractivity contribution is 5.76. The van der Waals surface area contributed by atoms with Gasteiger partial charge in [-0.25, -0.2) is 9.18 Å². The highest BCUT2D eigenvalue weighted by Gasteiger charge is 2.16. The Morgan fingerprint density at radius 2 is 2.10 bits per heavy atom. The number of rotatable bonds is 6. The van der Waals surface area contributed by atoms with Gasteiger partial charge in [0, 0.05) is 6.54 Å². The van der Waals surface area contributed by atoms with Crippen LogP contribution in [0.15, 0.2) is 24.3 Å². The maximum Gasteiger partial charge on any atom is 0.315 e. The Morgan fingerprint density at radius 3 is 2.65 bits per heavy atom. The first kappa shape index (κ1) is 15.9. The molecule has 0 aliphatic heterocycles. The van der Waals surface area contributed by atoms with Crippen LogP contribution in [0.25, 0.3) is 0 Å². The van der Waals surface area contributed by atoms with E-state index in [0.29, 0.717) is 12.0 Å². The molecular weight excluding hydrogens is 263 g/mol. The molecule has 110 valence electrons. The third kappa shape index (κ3) is 4.87. The van der Waals surface area contributed by atoms with E-state index in [9.17, 15) is 14.0 Å². The number of carbonyl (C=O) groups is 2. The fourth-order valence-electron chi connectivity index (χ4n) is 1.73. The number of urea groups is 1. The van der Waals surface area contributed by atoms with Crippen molar-refractivity contribution in [3.63, 3.8) is 0 Å². The van der Waals surface area contributed by atoms with Crippen molar-refractivity contribution in [2.45, 2.75) is 26.3 Å². The van der Waals surface area contributed by atoms with Gasteiger partial charge in [0.2, 0.25) is 0 Å². The van der Waals surface area contributed by atoms with Crippen LogP contribution in [-0.4, -0.2) is 23.7 Å². The molecule has 0 fully saturated rings. The molecular formula is C14H19FN2O3. The molecule has 0 spiro atoms. The van der Waals surface area contributed by atoms with Gasteiger partial charge in [0.05, 0.1) is 12.0 Å². The largest absolute Gasteiger partial charge is 0.481 e. The zero-order chi connectivity index (χ0) is 15.1. The smallest absolute Gasteiger partial charge is 0.315 e. The molecule has 1 rings (SSSR count). The second-order valence-corrected chi connectivity index (χ2v) is 4.57. The van der Waals surface area contributed by atoms with E-state index in [2.05, 4.69) is 10.6 Å². The molecule has 0 heterocycles. The number of amides is 2. The van der Waals surface area contributed by atoms with Crippen LogP contribution in [0.3, 0.4) is 0 Å². The van der Waals surface area contributed by atoms with Crippen LogP contribution < -0.4 is 10.6 Å². The number of aliphatic carboxylic acids is 1. The lowest BCUT2D eigenvalue weighted by molar-refractivity contribution is -0.141. The van der Waals surface area contributed by atoms with Gasteiger partial charge in [-0.2, -0.15) is 0 Å². The van der Waals surface area contributed by atoms with Crippen molar-refractivity contribution in [3.8, 4) is 0 Å². The van der Waals surface area contributed by atoms with Gasteiger partial charge in [0.25, 0.3) is 0 Å². The third-order valence-electron chi connectivity index (χ3n) is 3.05. The van der Waals surface area contributed by atoms with E-state index in [4.69, 9.17) is 5.11 Å². The SMILES string of the molecule is CCC(CNC(=O)NC(C)c1cccc(F)c1)C(=O)O. The number of hydrogen-bond donors (Lipinski definition) is 3. The molecule has 1 aromatic rings. The topological polar surface area (TPSA) is 78.4 Å². The lowest BCUT2D eigenvalue weighted by Crippen LogP contribution is -2.40. The van der Waals surface area contributed by atoms with E-state index in [-0.39, 0.29) is 18.4 Å². The zero-order valence-electron chi connectivity index (χ0n) is 11.5. The van der Waals surface area contributed by atoms with Crippen LogP contribution in [0.1, 0.15) is 31.9 Å². The van der Waals surface area contributed by atoms with Gasteiger partial charge in [-0.15, -0.1) is 0 Å². The summed E-state index contributed by atoms with van der Waals surface area (Å²) in [5.74, 6) is -1.91. The summed E-state index contributed by atoms with van der Waals surface area (Å²) in [4.78, 5) is 22.5. The Kier molecular flexibility index (Phi) is 5.96. The number of benzene rings is 1. The molecule has 0 saturated heterocycles. The predicted molar refractivity (Wildman–Crippen MR) is 72.8 cm³/mol. The normalized spacial score (nSPS) is 13.3. The third-order valence-corrected chi connectivity index (χ3v) is 3.05. The number of carboxylic acid groups (broad SMARTS) is 1. The van der Waals surface area contributed by atoms with E-state index < -0.39 is 17.9 Å². The van der Waals surface area contributed by atoms with Crippen LogP contribution in [0.5, 0.6) is 0 Å². The van der Waals surface area contributed by atoms with Crippen molar-refractivity contribution in [1.82, 2.24) is 10.6 Å². The summed E-state index contributed by atoms with van der Waals surface area (Å²) in [5.41, 5.74) is 0.644. The summed E-state index contributed by atoms with van der Waals surface area (Å²) < 4.78 is 13.1. The average Bonchev–Trinajstić information content (AvgIpc) is 2.38. The van der Waals surface area contributed by atoms with Gasteiger partial charge in [-0.3, -0.25) is 4.79 Å². The molecule has 3 N–H and O–H groups in total. The Morgan fingerprint density at radius 1 is 1.40 bits per heavy atom. The molecule has 2 unspecified atom stereocenters. The van der Waals surface area contributed by atoms with Gasteiger partial charge in [0.1, 0.15) is 5.82 Å². The first-order chi connectivity index (χ1) is 9.43. The number of nitrogens with one attached hydrogen (secondary N) is 2. The molecule has 0 bridgehead atoms. The summed E-state index contributed by atoms with van der Waals surface area (Å²) in [7, 11) is 0. The Bertz CT molecular complexity index is 479. The molecule has 0 aromatic heterocycles. The Hall–Kier alpha value is -2.11. The van der Waals surface area contributed by atoms with Crippen LogP contribution in [0.2, 0.25) is 0 Å². The summed E-state index contributed by atoms with van der Waals surface area (Å²) in [6.07, 6.45) is 0.440. The molecule has 5 nitrogen and oxygen atoms in total. The summed E-state index contributed by atoms with van der Waals surface area (Å²) in [6.45, 7) is 3.53. The maximum absolute atomic E-state index is 13.1. The molecule has 2 amide bonds. The van der Waals surface area contributed by atoms with Crippen molar-refractivity contribution in [1.29, 1.82) is 0 Å². The summed E-state index contributed by atoms with van der Waals surface area (Å²) >= 11 is 0. The van der Waals surface area contributed by atoms with Crippen LogP contribution >= 0.6 is 0 Å². The minimum Gasteiger partial charge on any atom is -0.481 e. The molecule has 6 heteroatoms. The molecule has 0 aliphatic carbocycles. The van der Waals surface area contributed by atoms with E-state index >= 15 is 0 Å². The van der Waals surface area contributed by atoms with Crippen molar-refractivity contribution in [2.24, 2.45) is 5.92 Å². The van der Waals surface area contributed by atoms with Gasteiger partial charge in [0.15, 0.2) is 0 Å². The summed E-state index contributed by atoms with van der Waals surface area (Å²) in [6, 6.07) is 5.11. The first-order valence-corrected chi connectivity index (χ1v) is 6.46. The molecule has 2 atom stereocenters. The standard InChI is InChI=1S/C14H19FN2O3/c1-3-10(13(18)19)8-16-14(20)17-9(2)11-5-4-6-12(15)7-11/h4-7,9-10H,3,8H2,1-2H3,(H,18,19)(H2,16,17,20). The van der Waals surface area contributed by atoms with Gasteiger partial charge >= 0.3 is 12.0 Å². The van der Waals surface area contributed by atoms with Gasteiger partial charge < -0.3 is 15.7 Å². The van der Waals surface area contributed by atoms with Crippen molar-refractivity contribution >= 4 is 12.0 Å². The molecule has 20 heavy (non-hydrogen) atoms. The van der Waals surface area contributed by atoms with E-state index in [1.165, 1.54) is 12.1 Å². The Labute approximate surface area is 117 Å². The first-order valence-electron chi connectivity index (χ1n) is 6.46. The van der Waals surface area contributed by atoms with Crippen molar-refractivity contribution < 1.29 is 19.1 Å². The molecule has 0 saturated carbocycles. The maximum atomic E-state index is 13.1. The highest BCUT2D eigenvalue weighted by Crippen LogP contribution is 2.13. The quantitative estimate of drug-likeness (QED) is 0.749. The number of halogens is 1. The fraction of sp³-hybridized carbons (Fsp3) is 0.429. The van der Waals surface area contributed by atoms with Crippen LogP contribution in [-0.2, 0) is 4.79 Å². The number of hydrogen-bond acceptors (Lipinski definition) is 2. The van der Waals surface area contributed by atoms with Crippen molar-refractivity contribution in [3.05, 3.63) is 35.6 Å². The molecule has 1 aromatic carbocycles. The predicted octanol–water partition coefficient (Wildman–Crippen LogP) is 2.30. The van der Waals surface area contributed by atoms with E-state index in [0.717, 1.165) is 0 Å². The Balaban J connectivity index is 2.48. The lowest BCUT2D eigenvalue weighted by atomic mass is 10.1. The summed E-state index contributed by atoms with van der Waals surface area (Å²) in [5, 5.41) is 14.0. The number of carboxylic acids is 1. The van der Waals surface area contributed by atoms with Crippen LogP contribution in [0.4, 0.5) is 9.18 Å². The van der Waals surface area contributed by atoms with Crippen molar-refractivity contribution in [2.75, 3.05) is 6.54 Å². The zero-order valence-corrected chi connectivity index (χ0v) is 11.5. The van der Waals surface area contributed by atoms with E-state index in [1.54, 1.807) is 26.0 Å². The monoisotopic (exact) mass is 282 g/mol. The highest BCUT2D eigenvalue weighted by atomic mass is 19.1. The second-order valence-electron chi connectivity index (χ2n) is 4.57. The molecule has 0 radical (unpaired) electrons. The fourth-order valence-corrected chi connectivity index (χ4v) is 1.73. The second kappa shape index (κ2) is 7.47. The van der Waals surface area contributed by atoms with Gasteiger partial charge in [-0.1, -0.05) is 19.1 Å². The molecule has 0 aliphatic rings. The number of carbonyl (C=O) groups excluding carboxylic acids is 1. The van der Waals surface area contributed by atoms with Gasteiger partial charge in [-0.05, 0) is 31.0 Å². The average molecular weight is 282 g/mol. The van der Waals surface area contributed by atoms with E-state index in [1.807, 2.05) is 0 Å². The van der Waals surface area contributed by atoms with Crippen LogP contribution in [0, 0.1) is 11.7 Å². The minimum absolute atomic E-state index is 0.0630.